The predicted octanol–water partition coefficient (Wildman–Crippen LogP) is 3.56. The predicted molar refractivity (Wildman–Crippen MR) is 64.9 cm³/mol. The quantitative estimate of drug-likeness (QED) is 0.834. The van der Waals surface area contributed by atoms with Crippen LogP contribution in [0.15, 0.2) is 18.3 Å². The van der Waals surface area contributed by atoms with Gasteiger partial charge in [0.25, 0.3) is 0 Å². The van der Waals surface area contributed by atoms with Crippen molar-refractivity contribution in [3.05, 3.63) is 29.0 Å². The van der Waals surface area contributed by atoms with E-state index < -0.39 is 0 Å². The first-order chi connectivity index (χ1) is 7.17. The largest absolute Gasteiger partial charge is 0.323 e. The van der Waals surface area contributed by atoms with E-state index in [9.17, 15) is 0 Å². The average molecular weight is 227 g/mol. The number of nitrogens with zero attached hydrogens (tertiary/aromatic N) is 1. The molecule has 84 valence electrons. The molecule has 0 aliphatic carbocycles. The van der Waals surface area contributed by atoms with E-state index in [4.69, 9.17) is 17.3 Å². The van der Waals surface area contributed by atoms with E-state index in [1.807, 2.05) is 12.1 Å². The van der Waals surface area contributed by atoms with Gasteiger partial charge in [-0.25, -0.2) is 0 Å². The Kier molecular flexibility index (Phi) is 5.06. The Morgan fingerprint density at radius 3 is 2.47 bits per heavy atom. The second-order valence-electron chi connectivity index (χ2n) is 3.93. The smallest absolute Gasteiger partial charge is 0.0589 e. The lowest BCUT2D eigenvalue weighted by molar-refractivity contribution is 0.411. The molecule has 1 atom stereocenters. The van der Waals surface area contributed by atoms with Crippen LogP contribution >= 0.6 is 11.6 Å². The molecule has 15 heavy (non-hydrogen) atoms. The number of aromatic nitrogens is 1. The van der Waals surface area contributed by atoms with Crippen LogP contribution in [0.1, 0.15) is 44.8 Å². The van der Waals surface area contributed by atoms with Gasteiger partial charge in [-0.3, -0.25) is 4.98 Å². The Labute approximate surface area is 96.8 Å². The molecule has 0 aliphatic rings. The molecule has 0 amide bonds. The van der Waals surface area contributed by atoms with Gasteiger partial charge in [0.2, 0.25) is 0 Å². The van der Waals surface area contributed by atoms with Crippen molar-refractivity contribution in [1.82, 2.24) is 4.98 Å². The fourth-order valence-corrected chi connectivity index (χ4v) is 1.82. The van der Waals surface area contributed by atoms with Crippen molar-refractivity contribution < 1.29 is 0 Å². The zero-order valence-electron chi connectivity index (χ0n) is 9.41. The molecule has 1 unspecified atom stereocenters. The fourth-order valence-electron chi connectivity index (χ4n) is 1.71. The van der Waals surface area contributed by atoms with Gasteiger partial charge in [-0.15, -0.1) is 0 Å². The third-order valence-electron chi connectivity index (χ3n) is 2.87. The third kappa shape index (κ3) is 3.80. The molecule has 0 saturated heterocycles. The Bertz CT molecular complexity index is 280. The molecule has 0 fully saturated rings. The highest BCUT2D eigenvalue weighted by atomic mass is 35.5. The minimum absolute atomic E-state index is 0.0344. The molecule has 2 nitrogen and oxygen atoms in total. The van der Waals surface area contributed by atoms with E-state index >= 15 is 0 Å². The lowest BCUT2D eigenvalue weighted by atomic mass is 9.93. The first kappa shape index (κ1) is 12.5. The van der Waals surface area contributed by atoms with E-state index in [0.29, 0.717) is 10.9 Å². The van der Waals surface area contributed by atoms with Crippen molar-refractivity contribution in [3.8, 4) is 0 Å². The van der Waals surface area contributed by atoms with Crippen LogP contribution in [0.4, 0.5) is 0 Å². The van der Waals surface area contributed by atoms with Gasteiger partial charge in [0.1, 0.15) is 0 Å². The van der Waals surface area contributed by atoms with Gasteiger partial charge in [-0.1, -0.05) is 38.3 Å². The molecule has 1 aromatic rings. The van der Waals surface area contributed by atoms with Gasteiger partial charge in [-0.05, 0) is 24.5 Å². The molecule has 2 N–H and O–H groups in total. The minimum atomic E-state index is 0.0344. The highest BCUT2D eigenvalue weighted by Gasteiger charge is 2.12. The van der Waals surface area contributed by atoms with Gasteiger partial charge in [0.05, 0.1) is 10.7 Å². The Balaban J connectivity index is 2.60. The number of halogens is 1. The molecule has 0 bridgehead atoms. The van der Waals surface area contributed by atoms with E-state index in [1.165, 1.54) is 12.8 Å². The van der Waals surface area contributed by atoms with E-state index in [1.54, 1.807) is 6.20 Å². The molecular weight excluding hydrogens is 208 g/mol. The Hall–Kier alpha value is -0.600. The van der Waals surface area contributed by atoms with E-state index in [-0.39, 0.29) is 6.04 Å². The normalized spacial score (nSPS) is 13.1. The topological polar surface area (TPSA) is 38.9 Å². The summed E-state index contributed by atoms with van der Waals surface area (Å²) in [6.07, 6.45) is 5.01. The molecule has 3 heteroatoms. The van der Waals surface area contributed by atoms with Crippen molar-refractivity contribution in [1.29, 1.82) is 0 Å². The lowest BCUT2D eigenvalue weighted by Gasteiger charge is -2.17. The van der Waals surface area contributed by atoms with Crippen LogP contribution in [0.5, 0.6) is 0 Å². The maximum Gasteiger partial charge on any atom is 0.0589 e. The van der Waals surface area contributed by atoms with Crippen LogP contribution in [0.25, 0.3) is 0 Å². The maximum absolute atomic E-state index is 6.09. The van der Waals surface area contributed by atoms with Crippen molar-refractivity contribution in [2.45, 2.75) is 39.2 Å². The second kappa shape index (κ2) is 6.09. The zero-order valence-corrected chi connectivity index (χ0v) is 10.2. The summed E-state index contributed by atoms with van der Waals surface area (Å²) >= 11 is 5.77. The first-order valence-electron chi connectivity index (χ1n) is 5.54. The average Bonchev–Trinajstić information content (AvgIpc) is 2.26. The van der Waals surface area contributed by atoms with Crippen LogP contribution in [0.2, 0.25) is 5.02 Å². The fraction of sp³-hybridized carbons (Fsp3) is 0.583. The molecule has 0 radical (unpaired) electrons. The first-order valence-corrected chi connectivity index (χ1v) is 5.92. The summed E-state index contributed by atoms with van der Waals surface area (Å²) in [5.74, 6) is 0.692. The van der Waals surface area contributed by atoms with Crippen LogP contribution in [-0.2, 0) is 0 Å². The Morgan fingerprint density at radius 1 is 1.33 bits per heavy atom. The van der Waals surface area contributed by atoms with Crippen LogP contribution in [0, 0.1) is 5.92 Å². The summed E-state index contributed by atoms with van der Waals surface area (Å²) in [6, 6.07) is 3.79. The number of nitrogens with two attached hydrogens (primary N) is 1. The third-order valence-corrected chi connectivity index (χ3v) is 3.10. The van der Waals surface area contributed by atoms with Crippen LogP contribution < -0.4 is 5.73 Å². The second-order valence-corrected chi connectivity index (χ2v) is 4.36. The molecule has 1 heterocycles. The lowest BCUT2D eigenvalue weighted by Crippen LogP contribution is -2.16. The highest BCUT2D eigenvalue weighted by molar-refractivity contribution is 6.30. The van der Waals surface area contributed by atoms with Crippen LogP contribution in [-0.4, -0.2) is 4.98 Å². The monoisotopic (exact) mass is 226 g/mol. The highest BCUT2D eigenvalue weighted by Crippen LogP contribution is 2.22. The molecule has 0 aliphatic heterocycles. The maximum atomic E-state index is 6.09. The zero-order chi connectivity index (χ0) is 11.3. The van der Waals surface area contributed by atoms with Crippen molar-refractivity contribution >= 4 is 11.6 Å². The summed E-state index contributed by atoms with van der Waals surface area (Å²) in [4.78, 5) is 4.24. The molecule has 1 aromatic heterocycles. The number of hydrogen-bond donors (Lipinski definition) is 1. The van der Waals surface area contributed by atoms with Crippen molar-refractivity contribution in [2.75, 3.05) is 0 Å². The van der Waals surface area contributed by atoms with Gasteiger partial charge < -0.3 is 5.73 Å². The number of rotatable bonds is 5. The molecule has 0 spiro atoms. The molecular formula is C12H19ClN2. The van der Waals surface area contributed by atoms with E-state index in [2.05, 4.69) is 18.8 Å². The summed E-state index contributed by atoms with van der Waals surface area (Å²) in [5.41, 5.74) is 7.03. The molecule has 1 rings (SSSR count). The molecule has 0 saturated carbocycles. The summed E-state index contributed by atoms with van der Waals surface area (Å²) in [5, 5.41) is 0.661. The summed E-state index contributed by atoms with van der Waals surface area (Å²) in [6.45, 7) is 4.41. The van der Waals surface area contributed by atoms with Crippen molar-refractivity contribution in [3.63, 3.8) is 0 Å². The molecule has 0 aromatic carbocycles. The number of hydrogen-bond acceptors (Lipinski definition) is 2. The van der Waals surface area contributed by atoms with Gasteiger partial charge in [0, 0.05) is 12.2 Å². The van der Waals surface area contributed by atoms with Gasteiger partial charge in [0.15, 0.2) is 0 Å². The van der Waals surface area contributed by atoms with Gasteiger partial charge >= 0.3 is 0 Å². The minimum Gasteiger partial charge on any atom is -0.323 e. The van der Waals surface area contributed by atoms with Crippen molar-refractivity contribution in [2.24, 2.45) is 11.7 Å². The Morgan fingerprint density at radius 2 is 2.00 bits per heavy atom. The summed E-state index contributed by atoms with van der Waals surface area (Å²) in [7, 11) is 0. The van der Waals surface area contributed by atoms with E-state index in [0.717, 1.165) is 12.1 Å². The van der Waals surface area contributed by atoms with Crippen LogP contribution in [0.3, 0.4) is 0 Å². The SMILES string of the molecule is CCC(CC)CC(N)c1ccc(Cl)cn1. The summed E-state index contributed by atoms with van der Waals surface area (Å²) < 4.78 is 0. The van der Waals surface area contributed by atoms with Gasteiger partial charge in [-0.2, -0.15) is 0 Å². The number of pyridine rings is 1. The standard InChI is InChI=1S/C12H19ClN2/c1-3-9(4-2)7-11(14)12-6-5-10(13)8-15-12/h5-6,8-9,11H,3-4,7,14H2,1-2H3.